The molecule has 1 aromatic rings. The lowest BCUT2D eigenvalue weighted by molar-refractivity contribution is 0.585. The van der Waals surface area contributed by atoms with E-state index in [1.807, 2.05) is 25.1 Å². The van der Waals surface area contributed by atoms with E-state index in [4.69, 9.17) is 0 Å². The summed E-state index contributed by atoms with van der Waals surface area (Å²) in [7, 11) is -2.04. The highest BCUT2D eigenvalue weighted by atomic mass is 31.2. The molecule has 0 saturated carbocycles. The maximum absolute atomic E-state index is 12.5. The van der Waals surface area contributed by atoms with E-state index in [-0.39, 0.29) is 8.46 Å². The molecule has 1 aliphatic heterocycles. The first-order valence-corrected chi connectivity index (χ1v) is 8.07. The monoisotopic (exact) mass is 240 g/mol. The molecule has 1 heterocycles. The molecule has 15 heavy (non-hydrogen) atoms. The summed E-state index contributed by atoms with van der Waals surface area (Å²) in [4.78, 5) is 0. The Kier molecular flexibility index (Phi) is 3.09. The van der Waals surface area contributed by atoms with Crippen molar-refractivity contribution in [3.63, 3.8) is 0 Å². The number of benzene rings is 1. The van der Waals surface area contributed by atoms with Gasteiger partial charge in [-0.25, -0.2) is 0 Å². The van der Waals surface area contributed by atoms with Crippen LogP contribution in [-0.2, 0) is 9.13 Å². The van der Waals surface area contributed by atoms with Gasteiger partial charge < -0.3 is 4.57 Å². The second-order valence-electron chi connectivity index (χ2n) is 4.11. The highest BCUT2D eigenvalue weighted by Gasteiger charge is 2.29. The van der Waals surface area contributed by atoms with Gasteiger partial charge in [-0.05, 0) is 37.5 Å². The van der Waals surface area contributed by atoms with Crippen molar-refractivity contribution in [2.45, 2.75) is 19.8 Å². The van der Waals surface area contributed by atoms with E-state index in [0.29, 0.717) is 0 Å². The second kappa shape index (κ2) is 4.20. The molecule has 0 spiro atoms. The minimum absolute atomic E-state index is 0.0459. The Bertz CT molecular complexity index is 430. The molecule has 1 fully saturated rings. The van der Waals surface area contributed by atoms with E-state index in [1.165, 1.54) is 0 Å². The summed E-state index contributed by atoms with van der Waals surface area (Å²) in [5, 5.41) is 1.77. The molecule has 1 aliphatic rings. The molecule has 0 unspecified atom stereocenters. The van der Waals surface area contributed by atoms with Crippen molar-refractivity contribution in [3.05, 3.63) is 23.8 Å². The molecule has 0 aliphatic carbocycles. The van der Waals surface area contributed by atoms with Crippen molar-refractivity contribution >= 4 is 26.2 Å². The summed E-state index contributed by atoms with van der Waals surface area (Å²) < 4.78 is 23.3. The van der Waals surface area contributed by atoms with Crippen LogP contribution in [0, 0.1) is 6.92 Å². The zero-order chi connectivity index (χ0) is 10.9. The Balaban J connectivity index is 2.42. The number of hydrogen-bond acceptors (Lipinski definition) is 2. The van der Waals surface area contributed by atoms with Crippen LogP contribution in [0.4, 0.5) is 0 Å². The molecule has 2 nitrogen and oxygen atoms in total. The normalized spacial score (nSPS) is 19.5. The summed E-state index contributed by atoms with van der Waals surface area (Å²) in [5.41, 5.74) is 0.978. The van der Waals surface area contributed by atoms with Crippen LogP contribution < -0.4 is 10.6 Å². The van der Waals surface area contributed by atoms with E-state index in [9.17, 15) is 9.13 Å². The summed E-state index contributed by atoms with van der Waals surface area (Å²) in [6.45, 7) is 1.92. The van der Waals surface area contributed by atoms with Gasteiger partial charge in [0, 0.05) is 22.9 Å². The highest BCUT2D eigenvalue weighted by molar-refractivity contribution is 7.71. The quantitative estimate of drug-likeness (QED) is 0.745. The van der Waals surface area contributed by atoms with Crippen LogP contribution in [0.2, 0.25) is 0 Å². The Morgan fingerprint density at radius 2 is 1.93 bits per heavy atom. The average Bonchev–Trinajstić information content (AvgIpc) is 2.66. The van der Waals surface area contributed by atoms with Crippen molar-refractivity contribution in [2.75, 3.05) is 12.3 Å². The molecule has 1 aromatic carbocycles. The Hall–Kier alpha value is -0.450. The third-order valence-electron chi connectivity index (χ3n) is 3.04. The third kappa shape index (κ3) is 2.07. The minimum Gasteiger partial charge on any atom is -0.319 e. The van der Waals surface area contributed by atoms with Crippen LogP contribution in [0.5, 0.6) is 0 Å². The van der Waals surface area contributed by atoms with Gasteiger partial charge in [-0.2, -0.15) is 0 Å². The predicted molar refractivity (Wildman–Crippen MR) is 64.6 cm³/mol. The molecule has 0 aromatic heterocycles. The van der Waals surface area contributed by atoms with E-state index < -0.39 is 7.14 Å². The summed E-state index contributed by atoms with van der Waals surface area (Å²) >= 11 is 0. The fourth-order valence-corrected chi connectivity index (χ4v) is 5.43. The Morgan fingerprint density at radius 3 is 2.47 bits per heavy atom. The lowest BCUT2D eigenvalue weighted by atomic mass is 10.2. The minimum atomic E-state index is -2.08. The predicted octanol–water partition coefficient (Wildman–Crippen LogP) is 2.69. The van der Waals surface area contributed by atoms with Crippen LogP contribution in [0.25, 0.3) is 0 Å². The van der Waals surface area contributed by atoms with Crippen molar-refractivity contribution < 1.29 is 9.13 Å². The van der Waals surface area contributed by atoms with Gasteiger partial charge in [0.15, 0.2) is 8.46 Å². The first kappa shape index (κ1) is 11.0. The van der Waals surface area contributed by atoms with Gasteiger partial charge in [0.1, 0.15) is 7.14 Å². The molecule has 80 valence electrons. The van der Waals surface area contributed by atoms with E-state index in [2.05, 4.69) is 0 Å². The fraction of sp³-hybridized carbons (Fsp3) is 0.455. The maximum atomic E-state index is 12.5. The van der Waals surface area contributed by atoms with E-state index in [0.717, 1.165) is 41.3 Å². The van der Waals surface area contributed by atoms with Crippen LogP contribution in [-0.4, -0.2) is 12.3 Å². The lowest BCUT2D eigenvalue weighted by Crippen LogP contribution is -2.11. The van der Waals surface area contributed by atoms with Crippen LogP contribution in [0.3, 0.4) is 0 Å². The van der Waals surface area contributed by atoms with Gasteiger partial charge in [-0.15, -0.1) is 0 Å². The number of aryl methyl sites for hydroxylation is 1. The Labute approximate surface area is 91.7 Å². The number of hydrogen-bond donors (Lipinski definition) is 0. The first-order valence-electron chi connectivity index (χ1n) is 5.18. The first-order chi connectivity index (χ1) is 7.15. The molecule has 0 N–H and O–H groups in total. The summed E-state index contributed by atoms with van der Waals surface area (Å²) in [6, 6.07) is 5.67. The molecule has 2 rings (SSSR count). The van der Waals surface area contributed by atoms with Gasteiger partial charge in [0.05, 0.1) is 0 Å². The maximum Gasteiger partial charge on any atom is 0.192 e. The summed E-state index contributed by atoms with van der Waals surface area (Å²) in [6.07, 6.45) is 3.86. The SMILES string of the molecule is Cc1cc(P2(=O)CCCC2)ccc1P=O. The fourth-order valence-electron chi connectivity index (χ4n) is 2.10. The lowest BCUT2D eigenvalue weighted by Gasteiger charge is -2.12. The molecule has 0 bridgehead atoms. The van der Waals surface area contributed by atoms with Gasteiger partial charge >= 0.3 is 0 Å². The van der Waals surface area contributed by atoms with Gasteiger partial charge in [-0.3, -0.25) is 4.57 Å². The molecular weight excluding hydrogens is 226 g/mol. The van der Waals surface area contributed by atoms with Gasteiger partial charge in [0.2, 0.25) is 0 Å². The topological polar surface area (TPSA) is 34.1 Å². The average molecular weight is 240 g/mol. The summed E-state index contributed by atoms with van der Waals surface area (Å²) in [5.74, 6) is 0. The second-order valence-corrected chi connectivity index (χ2v) is 7.96. The zero-order valence-corrected chi connectivity index (χ0v) is 10.6. The van der Waals surface area contributed by atoms with Gasteiger partial charge in [-0.1, -0.05) is 6.07 Å². The third-order valence-corrected chi connectivity index (χ3v) is 7.03. The zero-order valence-electron chi connectivity index (χ0n) is 8.77. The van der Waals surface area contributed by atoms with Crippen LogP contribution in [0.1, 0.15) is 18.4 Å². The van der Waals surface area contributed by atoms with E-state index in [1.54, 1.807) is 0 Å². The Morgan fingerprint density at radius 1 is 1.27 bits per heavy atom. The number of rotatable bonds is 2. The molecular formula is C11H14O2P2. The highest BCUT2D eigenvalue weighted by Crippen LogP contribution is 2.50. The van der Waals surface area contributed by atoms with Crippen molar-refractivity contribution in [1.29, 1.82) is 0 Å². The molecule has 0 atom stereocenters. The van der Waals surface area contributed by atoms with Crippen molar-refractivity contribution in [3.8, 4) is 0 Å². The van der Waals surface area contributed by atoms with E-state index >= 15 is 0 Å². The van der Waals surface area contributed by atoms with Crippen LogP contribution in [0.15, 0.2) is 18.2 Å². The van der Waals surface area contributed by atoms with Crippen molar-refractivity contribution in [2.24, 2.45) is 0 Å². The standard InChI is InChI=1S/C11H14O2P2/c1-9-8-10(4-5-11(9)14-12)15(13)6-2-3-7-15/h4-5,8H,2-3,6-7H2,1H3. The largest absolute Gasteiger partial charge is 0.319 e. The van der Waals surface area contributed by atoms with Crippen LogP contribution >= 0.6 is 15.6 Å². The molecule has 4 heteroatoms. The van der Waals surface area contributed by atoms with Gasteiger partial charge in [0.25, 0.3) is 0 Å². The molecule has 0 amide bonds. The van der Waals surface area contributed by atoms with Crippen molar-refractivity contribution in [1.82, 2.24) is 0 Å². The molecule has 0 radical (unpaired) electrons. The smallest absolute Gasteiger partial charge is 0.192 e. The molecule has 1 saturated heterocycles.